The highest BCUT2D eigenvalue weighted by molar-refractivity contribution is 7.09. The number of nitrogens with zero attached hydrogens (tertiary/aromatic N) is 1. The zero-order chi connectivity index (χ0) is 33.4. The predicted octanol–water partition coefficient (Wildman–Crippen LogP) is 7.05. The van der Waals surface area contributed by atoms with Gasteiger partial charge in [0.1, 0.15) is 17.2 Å². The van der Waals surface area contributed by atoms with Crippen LogP contribution in [0.25, 0.3) is 0 Å². The molecule has 0 radical (unpaired) electrons. The van der Waals surface area contributed by atoms with Gasteiger partial charge in [-0.15, -0.1) is 11.3 Å². The van der Waals surface area contributed by atoms with Crippen LogP contribution >= 0.6 is 11.3 Å². The summed E-state index contributed by atoms with van der Waals surface area (Å²) in [4.78, 5) is 30.3. The number of carbonyl (C=O) groups is 2. The number of rotatable bonds is 8. The minimum atomic E-state index is -0.649. The third-order valence-electron chi connectivity index (χ3n) is 14.6. The van der Waals surface area contributed by atoms with E-state index in [1.54, 1.807) is 6.20 Å². The number of carboxylic acids is 1. The SMILES string of the molecule is CC(=O)OC1C[C@@]23COC[C@@](C)(C2CC[C@H]2C3=CC[C@@]3(C)[C@H](C(=O)O)[C@@](C)([C@H](C)C(C)C)CC[C@]23C)[C@H]1OCC(N)c1nccs1. The molecule has 3 saturated carbocycles. The number of thiazole rings is 1. The molecular weight excluding hydrogens is 600 g/mol. The van der Waals surface area contributed by atoms with Crippen molar-refractivity contribution < 1.29 is 28.9 Å². The van der Waals surface area contributed by atoms with Crippen LogP contribution in [0.4, 0.5) is 0 Å². The fourth-order valence-corrected chi connectivity index (χ4v) is 12.5. The standard InChI is InChI=1S/C37H56N2O6S/c1-21(2)22(3)33(5)13-14-35(7)24-9-10-28-34(6)19-43-20-37(28,25(24)11-12-36(35,8)29(33)32(41)42)17-27(45-23(4)40)30(34)44-18-26(38)31-39-15-16-46-31/h11,15-16,21-22,24,26-30H,9-10,12-14,17-20,38H2,1-8H3,(H,41,42)/t22-,24+,26?,27?,28?,29-,30+,33-,34+,35-,36+,37+/m1/s1. The Morgan fingerprint density at radius 2 is 1.87 bits per heavy atom. The molecule has 9 heteroatoms. The van der Waals surface area contributed by atoms with Crippen LogP contribution in [0.15, 0.2) is 23.2 Å². The monoisotopic (exact) mass is 656 g/mol. The molecule has 2 bridgehead atoms. The molecule has 3 N–H and O–H groups in total. The molecule has 0 amide bonds. The Kier molecular flexibility index (Phi) is 8.64. The van der Waals surface area contributed by atoms with Gasteiger partial charge in [0.05, 0.1) is 31.8 Å². The summed E-state index contributed by atoms with van der Waals surface area (Å²) in [6.07, 6.45) is 8.73. The van der Waals surface area contributed by atoms with Crippen molar-refractivity contribution in [3.05, 3.63) is 28.2 Å². The number of esters is 1. The van der Waals surface area contributed by atoms with Crippen molar-refractivity contribution in [2.24, 2.45) is 62.4 Å². The number of carboxylic acid groups (broad SMARTS) is 1. The molecule has 2 heterocycles. The van der Waals surface area contributed by atoms with E-state index in [1.807, 2.05) is 5.38 Å². The summed E-state index contributed by atoms with van der Waals surface area (Å²) in [6.45, 7) is 18.8. The van der Waals surface area contributed by atoms with Crippen LogP contribution in [0.5, 0.6) is 0 Å². The van der Waals surface area contributed by atoms with Gasteiger partial charge < -0.3 is 25.1 Å². The quantitative estimate of drug-likeness (QED) is 0.226. The normalized spacial score (nSPS) is 44.7. The second-order valence-electron chi connectivity index (χ2n) is 16.9. The first-order chi connectivity index (χ1) is 21.5. The minimum Gasteiger partial charge on any atom is -0.481 e. The molecule has 0 aromatic carbocycles. The van der Waals surface area contributed by atoms with Crippen LogP contribution in [-0.2, 0) is 23.8 Å². The lowest BCUT2D eigenvalue weighted by Crippen LogP contribution is -2.70. The number of aliphatic carboxylic acids is 1. The molecule has 1 aromatic heterocycles. The van der Waals surface area contributed by atoms with E-state index in [9.17, 15) is 14.7 Å². The predicted molar refractivity (Wildman–Crippen MR) is 178 cm³/mol. The Labute approximate surface area is 279 Å². The highest BCUT2D eigenvalue weighted by atomic mass is 32.1. The second-order valence-corrected chi connectivity index (χ2v) is 17.9. The van der Waals surface area contributed by atoms with E-state index in [-0.39, 0.29) is 57.7 Å². The lowest BCUT2D eigenvalue weighted by molar-refractivity contribution is -0.267. The highest BCUT2D eigenvalue weighted by Crippen LogP contribution is 2.75. The Balaban J connectivity index is 1.38. The molecule has 12 atom stereocenters. The fourth-order valence-electron chi connectivity index (χ4n) is 11.9. The first-order valence-corrected chi connectivity index (χ1v) is 18.4. The first kappa shape index (κ1) is 34.1. The number of carbonyl (C=O) groups excluding carboxylic acids is 1. The number of hydrogen-bond acceptors (Lipinski definition) is 8. The van der Waals surface area contributed by atoms with Gasteiger partial charge in [-0.2, -0.15) is 0 Å². The van der Waals surface area contributed by atoms with E-state index in [0.29, 0.717) is 37.4 Å². The van der Waals surface area contributed by atoms with Gasteiger partial charge in [0.2, 0.25) is 0 Å². The molecule has 4 fully saturated rings. The maximum absolute atomic E-state index is 13.4. The number of allylic oxidation sites excluding steroid dienone is 1. The van der Waals surface area contributed by atoms with Crippen LogP contribution in [0.1, 0.15) is 105 Å². The zero-order valence-electron chi connectivity index (χ0n) is 29.1. The van der Waals surface area contributed by atoms with E-state index < -0.39 is 18.0 Å². The van der Waals surface area contributed by atoms with E-state index in [1.165, 1.54) is 23.8 Å². The number of hydrogen-bond donors (Lipinski definition) is 2. The van der Waals surface area contributed by atoms with Crippen molar-refractivity contribution in [3.8, 4) is 0 Å². The third-order valence-corrected chi connectivity index (χ3v) is 15.5. The van der Waals surface area contributed by atoms with Gasteiger partial charge in [0, 0.05) is 29.3 Å². The van der Waals surface area contributed by atoms with Gasteiger partial charge >= 0.3 is 11.9 Å². The van der Waals surface area contributed by atoms with Crippen molar-refractivity contribution in [1.82, 2.24) is 4.98 Å². The first-order valence-electron chi connectivity index (χ1n) is 17.5. The molecule has 256 valence electrons. The maximum atomic E-state index is 13.4. The van der Waals surface area contributed by atoms with Crippen LogP contribution in [-0.4, -0.2) is 54.1 Å². The second kappa shape index (κ2) is 11.7. The summed E-state index contributed by atoms with van der Waals surface area (Å²) in [5.41, 5.74) is 6.42. The molecule has 1 saturated heterocycles. The van der Waals surface area contributed by atoms with Gasteiger partial charge in [-0.3, -0.25) is 9.59 Å². The van der Waals surface area contributed by atoms with Crippen molar-refractivity contribution >= 4 is 23.3 Å². The molecule has 1 aliphatic heterocycles. The Hall–Kier alpha value is -1.81. The van der Waals surface area contributed by atoms with Crippen molar-refractivity contribution in [1.29, 1.82) is 0 Å². The summed E-state index contributed by atoms with van der Waals surface area (Å²) in [5, 5.41) is 13.7. The fraction of sp³-hybridized carbons (Fsp3) is 0.811. The van der Waals surface area contributed by atoms with Gasteiger partial charge in [-0.1, -0.05) is 60.1 Å². The highest BCUT2D eigenvalue weighted by Gasteiger charge is 2.72. The van der Waals surface area contributed by atoms with Gasteiger partial charge in [-0.05, 0) is 78.4 Å². The molecule has 8 nitrogen and oxygen atoms in total. The molecule has 46 heavy (non-hydrogen) atoms. The Morgan fingerprint density at radius 1 is 1.13 bits per heavy atom. The van der Waals surface area contributed by atoms with Gasteiger partial charge in [-0.25, -0.2) is 4.98 Å². The smallest absolute Gasteiger partial charge is 0.307 e. The average Bonchev–Trinajstić information content (AvgIpc) is 3.52. The van der Waals surface area contributed by atoms with Crippen LogP contribution in [0.2, 0.25) is 0 Å². The Morgan fingerprint density at radius 3 is 2.50 bits per heavy atom. The van der Waals surface area contributed by atoms with E-state index in [0.717, 1.165) is 37.1 Å². The molecule has 0 spiro atoms. The number of nitrogens with two attached hydrogens (primary N) is 1. The number of aromatic nitrogens is 1. The average molecular weight is 657 g/mol. The van der Waals surface area contributed by atoms with Crippen LogP contribution in [0, 0.1) is 56.7 Å². The zero-order valence-corrected chi connectivity index (χ0v) is 30.0. The van der Waals surface area contributed by atoms with Gasteiger partial charge in [0.25, 0.3) is 0 Å². The third kappa shape index (κ3) is 4.79. The molecule has 6 rings (SSSR count). The van der Waals surface area contributed by atoms with Crippen LogP contribution < -0.4 is 5.73 Å². The minimum absolute atomic E-state index is 0.172. The molecular formula is C37H56N2O6S. The number of ether oxygens (including phenoxy) is 3. The molecule has 4 aliphatic carbocycles. The largest absolute Gasteiger partial charge is 0.481 e. The molecule has 3 unspecified atom stereocenters. The summed E-state index contributed by atoms with van der Waals surface area (Å²) in [6, 6.07) is -0.357. The van der Waals surface area contributed by atoms with E-state index >= 15 is 0 Å². The summed E-state index contributed by atoms with van der Waals surface area (Å²) >= 11 is 1.52. The van der Waals surface area contributed by atoms with E-state index in [4.69, 9.17) is 19.9 Å². The summed E-state index contributed by atoms with van der Waals surface area (Å²) in [5.74, 6) is -0.135. The number of fused-ring (bicyclic) bond motifs is 3. The summed E-state index contributed by atoms with van der Waals surface area (Å²) < 4.78 is 19.4. The van der Waals surface area contributed by atoms with Gasteiger partial charge in [0.15, 0.2) is 0 Å². The van der Waals surface area contributed by atoms with Crippen molar-refractivity contribution in [3.63, 3.8) is 0 Å². The van der Waals surface area contributed by atoms with Crippen LogP contribution in [0.3, 0.4) is 0 Å². The maximum Gasteiger partial charge on any atom is 0.307 e. The molecule has 5 aliphatic rings. The van der Waals surface area contributed by atoms with Crippen molar-refractivity contribution in [2.45, 2.75) is 112 Å². The lowest BCUT2D eigenvalue weighted by Gasteiger charge is -2.71. The topological polar surface area (TPSA) is 121 Å². The summed E-state index contributed by atoms with van der Waals surface area (Å²) in [7, 11) is 0. The lowest BCUT2D eigenvalue weighted by atomic mass is 9.34. The Bertz CT molecular complexity index is 1370. The molecule has 1 aromatic rings. The van der Waals surface area contributed by atoms with E-state index in [2.05, 4.69) is 59.5 Å². The van der Waals surface area contributed by atoms with Crippen molar-refractivity contribution in [2.75, 3.05) is 19.8 Å².